The molecule has 0 aliphatic heterocycles. The monoisotopic (exact) mass is 405 g/mol. The van der Waals surface area contributed by atoms with Gasteiger partial charge in [0.25, 0.3) is 0 Å². The van der Waals surface area contributed by atoms with E-state index in [0.717, 1.165) is 13.1 Å². The predicted molar refractivity (Wildman–Crippen MR) is 134 cm³/mol. The lowest BCUT2D eigenvalue weighted by molar-refractivity contribution is 0.797. The van der Waals surface area contributed by atoms with Crippen LogP contribution in [0.25, 0.3) is 11.1 Å². The molecule has 0 saturated heterocycles. The fraction of sp³-hybridized carbons (Fsp3) is 0.200. The van der Waals surface area contributed by atoms with Crippen molar-refractivity contribution in [3.05, 3.63) is 124 Å². The molecule has 156 valence electrons. The molecule has 0 aliphatic carbocycles. The fourth-order valence-electron chi connectivity index (χ4n) is 4.50. The summed E-state index contributed by atoms with van der Waals surface area (Å²) in [5, 5.41) is 0. The van der Waals surface area contributed by atoms with Gasteiger partial charge in [0.1, 0.15) is 0 Å². The lowest BCUT2D eigenvalue weighted by Gasteiger charge is -2.26. The van der Waals surface area contributed by atoms with Crippen LogP contribution in [0.1, 0.15) is 33.4 Å². The van der Waals surface area contributed by atoms with Crippen LogP contribution in [0.2, 0.25) is 0 Å². The van der Waals surface area contributed by atoms with Crippen LogP contribution >= 0.6 is 0 Å². The number of benzene rings is 4. The number of hydrogen-bond donors (Lipinski definition) is 0. The number of rotatable bonds is 6. The van der Waals surface area contributed by atoms with Crippen LogP contribution in [-0.2, 0) is 13.1 Å². The predicted octanol–water partition coefficient (Wildman–Crippen LogP) is 7.79. The second-order valence-electron chi connectivity index (χ2n) is 8.76. The molecule has 0 N–H and O–H groups in total. The van der Waals surface area contributed by atoms with Crippen LogP contribution in [0, 0.1) is 27.7 Å². The molecule has 31 heavy (non-hydrogen) atoms. The lowest BCUT2D eigenvalue weighted by atomic mass is 10.0. The van der Waals surface area contributed by atoms with E-state index in [9.17, 15) is 0 Å². The molecule has 0 heterocycles. The Balaban J connectivity index is 1.67. The van der Waals surface area contributed by atoms with Gasteiger partial charge in [0.05, 0.1) is 0 Å². The highest BCUT2D eigenvalue weighted by atomic mass is 15.1. The van der Waals surface area contributed by atoms with Crippen LogP contribution in [0.5, 0.6) is 0 Å². The Morgan fingerprint density at radius 3 is 1.35 bits per heavy atom. The first-order chi connectivity index (χ1) is 15.0. The quantitative estimate of drug-likeness (QED) is 0.316. The normalized spacial score (nSPS) is 10.8. The summed E-state index contributed by atoms with van der Waals surface area (Å²) in [7, 11) is 0. The maximum Gasteiger partial charge on any atom is 0.0433 e. The van der Waals surface area contributed by atoms with Crippen LogP contribution in [0.3, 0.4) is 0 Å². The van der Waals surface area contributed by atoms with E-state index in [1.165, 1.54) is 50.2 Å². The van der Waals surface area contributed by atoms with Crippen molar-refractivity contribution < 1.29 is 0 Å². The Kier molecular flexibility index (Phi) is 6.23. The van der Waals surface area contributed by atoms with Crippen molar-refractivity contribution in [3.63, 3.8) is 0 Å². The van der Waals surface area contributed by atoms with Gasteiger partial charge in [0.2, 0.25) is 0 Å². The Bertz CT molecular complexity index is 1060. The second-order valence-corrected chi connectivity index (χ2v) is 8.76. The van der Waals surface area contributed by atoms with Gasteiger partial charge in [-0.15, -0.1) is 0 Å². The molecule has 0 radical (unpaired) electrons. The minimum absolute atomic E-state index is 0.889. The molecule has 0 bridgehead atoms. The standard InChI is InChI=1S/C30H31N/c1-22-14-23(2)17-26(16-22)20-31(21-27-18-24(3)15-25(4)19-27)30-12-10-29(11-13-30)28-8-6-5-7-9-28/h5-19H,20-21H2,1-4H3. The second kappa shape index (κ2) is 9.22. The van der Waals surface area contributed by atoms with E-state index in [-0.39, 0.29) is 0 Å². The minimum atomic E-state index is 0.889. The molecule has 0 spiro atoms. The number of anilines is 1. The Morgan fingerprint density at radius 1 is 0.484 bits per heavy atom. The summed E-state index contributed by atoms with van der Waals surface area (Å²) in [5.41, 5.74) is 11.7. The third-order valence-electron chi connectivity index (χ3n) is 5.65. The summed E-state index contributed by atoms with van der Waals surface area (Å²) < 4.78 is 0. The third kappa shape index (κ3) is 5.44. The summed E-state index contributed by atoms with van der Waals surface area (Å²) in [4.78, 5) is 2.48. The van der Waals surface area contributed by atoms with E-state index < -0.39 is 0 Å². The van der Waals surface area contributed by atoms with Crippen molar-refractivity contribution in [1.29, 1.82) is 0 Å². The van der Waals surface area contributed by atoms with E-state index in [1.54, 1.807) is 0 Å². The number of nitrogens with zero attached hydrogens (tertiary/aromatic N) is 1. The zero-order valence-corrected chi connectivity index (χ0v) is 19.0. The first kappa shape index (κ1) is 20.9. The average molecular weight is 406 g/mol. The zero-order chi connectivity index (χ0) is 21.8. The summed E-state index contributed by atoms with van der Waals surface area (Å²) >= 11 is 0. The highest BCUT2D eigenvalue weighted by Crippen LogP contribution is 2.26. The lowest BCUT2D eigenvalue weighted by Crippen LogP contribution is -2.22. The number of hydrogen-bond acceptors (Lipinski definition) is 1. The van der Waals surface area contributed by atoms with Gasteiger partial charge in [-0.05, 0) is 62.1 Å². The molecule has 4 aromatic carbocycles. The third-order valence-corrected chi connectivity index (χ3v) is 5.65. The Morgan fingerprint density at radius 2 is 0.903 bits per heavy atom. The summed E-state index contributed by atoms with van der Waals surface area (Å²) in [6, 6.07) is 33.3. The van der Waals surface area contributed by atoms with Crippen LogP contribution < -0.4 is 4.90 Å². The van der Waals surface area contributed by atoms with Gasteiger partial charge >= 0.3 is 0 Å². The van der Waals surface area contributed by atoms with E-state index in [2.05, 4.69) is 124 Å². The SMILES string of the molecule is Cc1cc(C)cc(CN(Cc2cc(C)cc(C)c2)c2ccc(-c3ccccc3)cc2)c1. The highest BCUT2D eigenvalue weighted by Gasteiger charge is 2.11. The van der Waals surface area contributed by atoms with Crippen molar-refractivity contribution in [2.45, 2.75) is 40.8 Å². The molecule has 4 rings (SSSR count). The van der Waals surface area contributed by atoms with E-state index in [1.807, 2.05) is 0 Å². The van der Waals surface area contributed by atoms with E-state index >= 15 is 0 Å². The molecule has 0 unspecified atom stereocenters. The topological polar surface area (TPSA) is 3.24 Å². The largest absolute Gasteiger partial charge is 0.363 e. The van der Waals surface area contributed by atoms with Gasteiger partial charge in [0, 0.05) is 18.8 Å². The summed E-state index contributed by atoms with van der Waals surface area (Å²) in [6.07, 6.45) is 0. The maximum atomic E-state index is 2.48. The maximum absolute atomic E-state index is 2.48. The van der Waals surface area contributed by atoms with Gasteiger partial charge in [-0.25, -0.2) is 0 Å². The molecule has 0 fully saturated rings. The minimum Gasteiger partial charge on any atom is -0.363 e. The molecular weight excluding hydrogens is 374 g/mol. The van der Waals surface area contributed by atoms with Crippen LogP contribution in [-0.4, -0.2) is 0 Å². The molecule has 0 amide bonds. The van der Waals surface area contributed by atoms with Gasteiger partial charge in [-0.1, -0.05) is 101 Å². The Labute approximate surface area is 187 Å². The molecule has 0 atom stereocenters. The van der Waals surface area contributed by atoms with Crippen molar-refractivity contribution in [2.24, 2.45) is 0 Å². The van der Waals surface area contributed by atoms with Crippen molar-refractivity contribution in [2.75, 3.05) is 4.90 Å². The van der Waals surface area contributed by atoms with Crippen LogP contribution in [0.4, 0.5) is 5.69 Å². The van der Waals surface area contributed by atoms with E-state index in [0.29, 0.717) is 0 Å². The fourth-order valence-corrected chi connectivity index (χ4v) is 4.50. The first-order valence-corrected chi connectivity index (χ1v) is 11.0. The van der Waals surface area contributed by atoms with E-state index in [4.69, 9.17) is 0 Å². The molecule has 4 aromatic rings. The first-order valence-electron chi connectivity index (χ1n) is 11.0. The smallest absolute Gasteiger partial charge is 0.0433 e. The Hall–Kier alpha value is -3.32. The van der Waals surface area contributed by atoms with Gasteiger partial charge in [0.15, 0.2) is 0 Å². The summed E-state index contributed by atoms with van der Waals surface area (Å²) in [5.74, 6) is 0. The average Bonchev–Trinajstić information content (AvgIpc) is 2.73. The van der Waals surface area contributed by atoms with Gasteiger partial charge < -0.3 is 4.90 Å². The van der Waals surface area contributed by atoms with Crippen molar-refractivity contribution in [3.8, 4) is 11.1 Å². The van der Waals surface area contributed by atoms with Gasteiger partial charge in [-0.3, -0.25) is 0 Å². The molecule has 1 nitrogen and oxygen atoms in total. The molecule has 0 saturated carbocycles. The summed E-state index contributed by atoms with van der Waals surface area (Å²) in [6.45, 7) is 10.5. The zero-order valence-electron chi connectivity index (χ0n) is 19.0. The molecular formula is C30H31N. The van der Waals surface area contributed by atoms with Crippen LogP contribution in [0.15, 0.2) is 91.0 Å². The molecule has 0 aliphatic rings. The molecule has 1 heteroatoms. The highest BCUT2D eigenvalue weighted by molar-refractivity contribution is 5.66. The molecule has 0 aromatic heterocycles. The number of aryl methyl sites for hydroxylation is 4. The van der Waals surface area contributed by atoms with Gasteiger partial charge in [-0.2, -0.15) is 0 Å². The van der Waals surface area contributed by atoms with Crippen molar-refractivity contribution in [1.82, 2.24) is 0 Å². The van der Waals surface area contributed by atoms with Crippen molar-refractivity contribution >= 4 is 5.69 Å².